The van der Waals surface area contributed by atoms with E-state index in [0.717, 1.165) is 42.8 Å². The molecule has 1 atom stereocenters. The van der Waals surface area contributed by atoms with Gasteiger partial charge in [0.15, 0.2) is 0 Å². The van der Waals surface area contributed by atoms with E-state index in [-0.39, 0.29) is 0 Å². The predicted molar refractivity (Wildman–Crippen MR) is 91.9 cm³/mol. The molecule has 0 bridgehead atoms. The average molecular weight is 323 g/mol. The standard InChI is InChI=1S/C18H21N5O/c1-2-14-10-16(23-17(22-14)20-12-21-23)19-11-18(24)9-5-7-13-6-3-4-8-15(13)18/h3-4,6,8,10,12,19,24H,2,5,7,9,11H2,1H3. The highest BCUT2D eigenvalue weighted by atomic mass is 16.3. The van der Waals surface area contributed by atoms with Crippen molar-refractivity contribution < 1.29 is 5.11 Å². The molecule has 2 N–H and O–H groups in total. The van der Waals surface area contributed by atoms with Crippen molar-refractivity contribution in [3.05, 3.63) is 53.5 Å². The number of aryl methyl sites for hydroxylation is 2. The lowest BCUT2D eigenvalue weighted by atomic mass is 9.79. The molecule has 24 heavy (non-hydrogen) atoms. The maximum Gasteiger partial charge on any atom is 0.254 e. The van der Waals surface area contributed by atoms with Crippen molar-refractivity contribution in [3.8, 4) is 0 Å². The van der Waals surface area contributed by atoms with Crippen LogP contribution in [-0.4, -0.2) is 31.2 Å². The van der Waals surface area contributed by atoms with E-state index in [2.05, 4.69) is 33.4 Å². The van der Waals surface area contributed by atoms with Crippen LogP contribution in [0.5, 0.6) is 0 Å². The maximum atomic E-state index is 11.2. The fourth-order valence-corrected chi connectivity index (χ4v) is 3.49. The Morgan fingerprint density at radius 1 is 1.33 bits per heavy atom. The third kappa shape index (κ3) is 2.53. The molecule has 2 aromatic heterocycles. The van der Waals surface area contributed by atoms with Gasteiger partial charge in [0.25, 0.3) is 5.78 Å². The van der Waals surface area contributed by atoms with E-state index in [9.17, 15) is 5.11 Å². The van der Waals surface area contributed by atoms with E-state index < -0.39 is 5.60 Å². The number of nitrogens with zero attached hydrogens (tertiary/aromatic N) is 4. The van der Waals surface area contributed by atoms with Crippen LogP contribution in [0.15, 0.2) is 36.7 Å². The number of fused-ring (bicyclic) bond motifs is 2. The van der Waals surface area contributed by atoms with Crippen molar-refractivity contribution >= 4 is 11.6 Å². The van der Waals surface area contributed by atoms with Gasteiger partial charge in [0.05, 0.1) is 0 Å². The minimum absolute atomic E-state index is 0.437. The number of hydrogen-bond acceptors (Lipinski definition) is 5. The molecule has 0 fully saturated rings. The fourth-order valence-electron chi connectivity index (χ4n) is 3.49. The first-order valence-electron chi connectivity index (χ1n) is 8.44. The SMILES string of the molecule is CCc1cc(NCC2(O)CCCc3ccccc32)n2ncnc2n1. The lowest BCUT2D eigenvalue weighted by Crippen LogP contribution is -2.38. The maximum absolute atomic E-state index is 11.2. The van der Waals surface area contributed by atoms with E-state index in [4.69, 9.17) is 0 Å². The van der Waals surface area contributed by atoms with Crippen LogP contribution in [0, 0.1) is 0 Å². The van der Waals surface area contributed by atoms with Crippen LogP contribution in [0.4, 0.5) is 5.82 Å². The zero-order chi connectivity index (χ0) is 16.6. The van der Waals surface area contributed by atoms with E-state index in [1.807, 2.05) is 24.3 Å². The quantitative estimate of drug-likeness (QED) is 0.771. The summed E-state index contributed by atoms with van der Waals surface area (Å²) in [5, 5.41) is 18.8. The molecule has 1 aliphatic rings. The average Bonchev–Trinajstić information content (AvgIpc) is 3.09. The van der Waals surface area contributed by atoms with Crippen LogP contribution in [0.2, 0.25) is 0 Å². The molecule has 1 aromatic carbocycles. The second-order valence-electron chi connectivity index (χ2n) is 6.35. The zero-order valence-corrected chi connectivity index (χ0v) is 13.7. The largest absolute Gasteiger partial charge is 0.383 e. The highest BCUT2D eigenvalue weighted by Gasteiger charge is 2.34. The summed E-state index contributed by atoms with van der Waals surface area (Å²) in [6.45, 7) is 2.50. The molecular formula is C18H21N5O. The van der Waals surface area contributed by atoms with Crippen molar-refractivity contribution in [3.63, 3.8) is 0 Å². The molecule has 0 spiro atoms. The fraction of sp³-hybridized carbons (Fsp3) is 0.389. The molecule has 0 aliphatic heterocycles. The van der Waals surface area contributed by atoms with Crippen LogP contribution in [0.25, 0.3) is 5.78 Å². The van der Waals surface area contributed by atoms with Gasteiger partial charge < -0.3 is 10.4 Å². The van der Waals surface area contributed by atoms with E-state index in [1.165, 1.54) is 11.9 Å². The smallest absolute Gasteiger partial charge is 0.254 e. The Bertz CT molecular complexity index is 875. The van der Waals surface area contributed by atoms with Gasteiger partial charge in [0, 0.05) is 18.3 Å². The molecule has 1 aliphatic carbocycles. The molecule has 0 amide bonds. The van der Waals surface area contributed by atoms with Gasteiger partial charge in [0.2, 0.25) is 0 Å². The van der Waals surface area contributed by atoms with Gasteiger partial charge in [-0.1, -0.05) is 31.2 Å². The molecule has 0 saturated carbocycles. The topological polar surface area (TPSA) is 75.3 Å². The van der Waals surface area contributed by atoms with Gasteiger partial charge in [-0.05, 0) is 36.8 Å². The Balaban J connectivity index is 1.65. The highest BCUT2D eigenvalue weighted by molar-refractivity contribution is 5.46. The first-order valence-corrected chi connectivity index (χ1v) is 8.44. The molecule has 1 unspecified atom stereocenters. The Hall–Kier alpha value is -2.47. The normalized spacial score (nSPS) is 20.1. The summed E-state index contributed by atoms with van der Waals surface area (Å²) in [6.07, 6.45) is 5.09. The first-order chi connectivity index (χ1) is 11.7. The van der Waals surface area contributed by atoms with Gasteiger partial charge in [-0.3, -0.25) is 0 Å². The Labute approximate surface area is 140 Å². The van der Waals surface area contributed by atoms with Gasteiger partial charge in [-0.15, -0.1) is 0 Å². The molecule has 4 rings (SSSR count). The highest BCUT2D eigenvalue weighted by Crippen LogP contribution is 2.35. The number of aliphatic hydroxyl groups is 1. The summed E-state index contributed by atoms with van der Waals surface area (Å²) in [6, 6.07) is 10.1. The van der Waals surface area contributed by atoms with Gasteiger partial charge in [-0.2, -0.15) is 14.6 Å². The van der Waals surface area contributed by atoms with Gasteiger partial charge in [-0.25, -0.2) is 4.98 Å². The summed E-state index contributed by atoms with van der Waals surface area (Å²) < 4.78 is 1.68. The zero-order valence-electron chi connectivity index (χ0n) is 13.7. The van der Waals surface area contributed by atoms with E-state index >= 15 is 0 Å². The molecule has 6 heteroatoms. The summed E-state index contributed by atoms with van der Waals surface area (Å²) in [5.74, 6) is 1.39. The van der Waals surface area contributed by atoms with Crippen LogP contribution < -0.4 is 5.32 Å². The van der Waals surface area contributed by atoms with Crippen LogP contribution >= 0.6 is 0 Å². The number of aromatic nitrogens is 4. The van der Waals surface area contributed by atoms with Crippen LogP contribution in [0.3, 0.4) is 0 Å². The third-order valence-electron chi connectivity index (χ3n) is 4.78. The minimum Gasteiger partial charge on any atom is -0.383 e. The second kappa shape index (κ2) is 5.87. The summed E-state index contributed by atoms with van der Waals surface area (Å²) in [4.78, 5) is 8.62. The van der Waals surface area contributed by atoms with Gasteiger partial charge >= 0.3 is 0 Å². The van der Waals surface area contributed by atoms with Crippen molar-refractivity contribution in [1.82, 2.24) is 19.6 Å². The molecule has 0 radical (unpaired) electrons. The summed E-state index contributed by atoms with van der Waals surface area (Å²) in [7, 11) is 0. The van der Waals surface area contributed by atoms with Crippen molar-refractivity contribution in [2.75, 3.05) is 11.9 Å². The first kappa shape index (κ1) is 15.1. The lowest BCUT2D eigenvalue weighted by Gasteiger charge is -2.35. The molecular weight excluding hydrogens is 302 g/mol. The molecule has 6 nitrogen and oxygen atoms in total. The minimum atomic E-state index is -0.864. The molecule has 2 heterocycles. The third-order valence-corrected chi connectivity index (χ3v) is 4.78. The predicted octanol–water partition coefficient (Wildman–Crippen LogP) is 2.32. The van der Waals surface area contributed by atoms with Crippen LogP contribution in [0.1, 0.15) is 36.6 Å². The molecule has 0 saturated heterocycles. The Morgan fingerprint density at radius 2 is 2.21 bits per heavy atom. The van der Waals surface area contributed by atoms with Gasteiger partial charge in [0.1, 0.15) is 17.7 Å². The number of nitrogens with one attached hydrogen (secondary N) is 1. The second-order valence-corrected chi connectivity index (χ2v) is 6.35. The molecule has 124 valence electrons. The number of anilines is 1. The van der Waals surface area contributed by atoms with Crippen molar-refractivity contribution in [1.29, 1.82) is 0 Å². The lowest BCUT2D eigenvalue weighted by molar-refractivity contribution is 0.0322. The van der Waals surface area contributed by atoms with Crippen molar-refractivity contribution in [2.24, 2.45) is 0 Å². The number of rotatable bonds is 4. The Morgan fingerprint density at radius 3 is 3.08 bits per heavy atom. The molecule has 3 aromatic rings. The van der Waals surface area contributed by atoms with E-state index in [1.54, 1.807) is 4.52 Å². The van der Waals surface area contributed by atoms with Crippen LogP contribution in [-0.2, 0) is 18.4 Å². The number of hydrogen-bond donors (Lipinski definition) is 2. The Kier molecular flexibility index (Phi) is 3.69. The summed E-state index contributed by atoms with van der Waals surface area (Å²) in [5.41, 5.74) is 2.36. The van der Waals surface area contributed by atoms with E-state index in [0.29, 0.717) is 12.3 Å². The summed E-state index contributed by atoms with van der Waals surface area (Å²) >= 11 is 0. The monoisotopic (exact) mass is 323 g/mol. The van der Waals surface area contributed by atoms with Crippen molar-refractivity contribution in [2.45, 2.75) is 38.2 Å². The number of benzene rings is 1.